The SMILES string of the molecule is N#C/C(=C/NCCCc1ccccc1)C(=O)NC1CCCC1. The lowest BCUT2D eigenvalue weighted by molar-refractivity contribution is -0.117. The number of nitrogens with zero attached hydrogens (tertiary/aromatic N) is 1. The number of nitriles is 1. The molecule has 0 radical (unpaired) electrons. The van der Waals surface area contributed by atoms with Gasteiger partial charge in [0.1, 0.15) is 11.6 Å². The summed E-state index contributed by atoms with van der Waals surface area (Å²) in [5.74, 6) is -0.259. The van der Waals surface area contributed by atoms with Crippen molar-refractivity contribution < 1.29 is 4.79 Å². The van der Waals surface area contributed by atoms with Gasteiger partial charge in [-0.2, -0.15) is 5.26 Å². The van der Waals surface area contributed by atoms with Crippen LogP contribution in [0, 0.1) is 11.3 Å². The molecule has 22 heavy (non-hydrogen) atoms. The summed E-state index contributed by atoms with van der Waals surface area (Å²) < 4.78 is 0. The molecule has 2 rings (SSSR count). The minimum Gasteiger partial charge on any atom is -0.390 e. The second kappa shape index (κ2) is 8.89. The molecule has 0 atom stereocenters. The predicted molar refractivity (Wildman–Crippen MR) is 86.9 cm³/mol. The van der Waals surface area contributed by atoms with Crippen LogP contribution in [0.5, 0.6) is 0 Å². The van der Waals surface area contributed by atoms with Crippen LogP contribution < -0.4 is 10.6 Å². The van der Waals surface area contributed by atoms with Crippen LogP contribution in [0.1, 0.15) is 37.7 Å². The molecular formula is C18H23N3O. The maximum absolute atomic E-state index is 12.0. The Morgan fingerprint density at radius 2 is 2.00 bits per heavy atom. The number of carbonyl (C=O) groups is 1. The summed E-state index contributed by atoms with van der Waals surface area (Å²) in [6.07, 6.45) is 7.85. The molecule has 4 nitrogen and oxygen atoms in total. The van der Waals surface area contributed by atoms with Gasteiger partial charge in [-0.05, 0) is 31.2 Å². The second-order valence-electron chi connectivity index (χ2n) is 5.67. The van der Waals surface area contributed by atoms with Gasteiger partial charge < -0.3 is 10.6 Å². The second-order valence-corrected chi connectivity index (χ2v) is 5.67. The standard InChI is InChI=1S/C18H23N3O/c19-13-16(18(22)21-17-10-4-5-11-17)14-20-12-6-9-15-7-2-1-3-8-15/h1-3,7-8,14,17,20H,4-6,9-12H2,(H,21,22)/b16-14-. The van der Waals surface area contributed by atoms with Crippen molar-refractivity contribution in [1.82, 2.24) is 10.6 Å². The van der Waals surface area contributed by atoms with E-state index in [1.807, 2.05) is 24.3 Å². The van der Waals surface area contributed by atoms with Crippen molar-refractivity contribution >= 4 is 5.91 Å². The van der Waals surface area contributed by atoms with Crippen molar-refractivity contribution in [2.24, 2.45) is 0 Å². The van der Waals surface area contributed by atoms with Crippen molar-refractivity contribution in [3.63, 3.8) is 0 Å². The average Bonchev–Trinajstić information content (AvgIpc) is 3.04. The number of hydrogen-bond donors (Lipinski definition) is 2. The quantitative estimate of drug-likeness (QED) is 0.462. The molecule has 0 heterocycles. The fraction of sp³-hybridized carbons (Fsp3) is 0.444. The zero-order valence-corrected chi connectivity index (χ0v) is 12.8. The van der Waals surface area contributed by atoms with Crippen LogP contribution in [0.2, 0.25) is 0 Å². The van der Waals surface area contributed by atoms with E-state index in [9.17, 15) is 4.79 Å². The molecule has 1 amide bonds. The number of nitrogens with one attached hydrogen (secondary N) is 2. The first-order chi connectivity index (χ1) is 10.8. The van der Waals surface area contributed by atoms with E-state index < -0.39 is 0 Å². The van der Waals surface area contributed by atoms with Gasteiger partial charge in [-0.15, -0.1) is 0 Å². The van der Waals surface area contributed by atoms with E-state index in [4.69, 9.17) is 5.26 Å². The molecule has 2 N–H and O–H groups in total. The lowest BCUT2D eigenvalue weighted by Crippen LogP contribution is -2.33. The van der Waals surface area contributed by atoms with Gasteiger partial charge in [0.05, 0.1) is 0 Å². The molecule has 1 aliphatic rings. The van der Waals surface area contributed by atoms with Gasteiger partial charge in [0.15, 0.2) is 0 Å². The molecule has 116 valence electrons. The molecule has 4 heteroatoms. The van der Waals surface area contributed by atoms with Crippen molar-refractivity contribution in [2.75, 3.05) is 6.54 Å². The minimum absolute atomic E-state index is 0.159. The third-order valence-corrected chi connectivity index (χ3v) is 3.93. The minimum atomic E-state index is -0.259. The van der Waals surface area contributed by atoms with Crippen LogP contribution in [0.15, 0.2) is 42.1 Å². The Bertz CT molecular complexity index is 539. The van der Waals surface area contributed by atoms with Crippen molar-refractivity contribution in [3.8, 4) is 6.07 Å². The lowest BCUT2D eigenvalue weighted by Gasteiger charge is -2.11. The third-order valence-electron chi connectivity index (χ3n) is 3.93. The fourth-order valence-electron chi connectivity index (χ4n) is 2.70. The van der Waals surface area contributed by atoms with Crippen molar-refractivity contribution in [3.05, 3.63) is 47.7 Å². The first kappa shape index (κ1) is 16.1. The van der Waals surface area contributed by atoms with Crippen LogP contribution in [0.3, 0.4) is 0 Å². The number of carbonyl (C=O) groups excluding carboxylic acids is 1. The monoisotopic (exact) mass is 297 g/mol. The molecule has 0 spiro atoms. The Labute approximate surface area is 132 Å². The zero-order chi connectivity index (χ0) is 15.6. The molecule has 1 saturated carbocycles. The van der Waals surface area contributed by atoms with Gasteiger partial charge >= 0.3 is 0 Å². The lowest BCUT2D eigenvalue weighted by atomic mass is 10.1. The highest BCUT2D eigenvalue weighted by molar-refractivity contribution is 5.97. The molecule has 0 bridgehead atoms. The summed E-state index contributed by atoms with van der Waals surface area (Å²) in [5.41, 5.74) is 1.46. The highest BCUT2D eigenvalue weighted by atomic mass is 16.1. The summed E-state index contributed by atoms with van der Waals surface area (Å²) in [6.45, 7) is 0.747. The number of rotatable bonds is 7. The zero-order valence-electron chi connectivity index (χ0n) is 12.8. The Morgan fingerprint density at radius 1 is 1.27 bits per heavy atom. The smallest absolute Gasteiger partial charge is 0.263 e. The molecule has 0 unspecified atom stereocenters. The summed E-state index contributed by atoms with van der Waals surface area (Å²) >= 11 is 0. The Morgan fingerprint density at radius 3 is 2.68 bits per heavy atom. The number of benzene rings is 1. The summed E-state index contributed by atoms with van der Waals surface area (Å²) in [7, 11) is 0. The molecule has 1 aromatic rings. The van der Waals surface area contributed by atoms with E-state index >= 15 is 0 Å². The first-order valence-corrected chi connectivity index (χ1v) is 7.98. The summed E-state index contributed by atoms with van der Waals surface area (Å²) in [4.78, 5) is 12.0. The molecular weight excluding hydrogens is 274 g/mol. The van der Waals surface area contributed by atoms with E-state index in [1.165, 1.54) is 11.8 Å². The third kappa shape index (κ3) is 5.25. The molecule has 0 aromatic heterocycles. The van der Waals surface area contributed by atoms with E-state index in [1.54, 1.807) is 0 Å². The van der Waals surface area contributed by atoms with Crippen LogP contribution in [-0.4, -0.2) is 18.5 Å². The van der Waals surface area contributed by atoms with Gasteiger partial charge in [0.2, 0.25) is 0 Å². The molecule has 1 aromatic carbocycles. The van der Waals surface area contributed by atoms with Gasteiger partial charge in [0, 0.05) is 18.8 Å². The number of aryl methyl sites for hydroxylation is 1. The van der Waals surface area contributed by atoms with Gasteiger partial charge in [-0.25, -0.2) is 0 Å². The van der Waals surface area contributed by atoms with E-state index in [0.717, 1.165) is 45.1 Å². The Balaban J connectivity index is 1.70. The highest BCUT2D eigenvalue weighted by Crippen LogP contribution is 2.17. The predicted octanol–water partition coefficient (Wildman–Crippen LogP) is 2.68. The van der Waals surface area contributed by atoms with Crippen LogP contribution in [0.4, 0.5) is 0 Å². The Kier molecular flexibility index (Phi) is 6.50. The van der Waals surface area contributed by atoms with Crippen LogP contribution in [-0.2, 0) is 11.2 Å². The number of hydrogen-bond acceptors (Lipinski definition) is 3. The number of amides is 1. The van der Waals surface area contributed by atoms with Crippen LogP contribution in [0.25, 0.3) is 0 Å². The average molecular weight is 297 g/mol. The summed E-state index contributed by atoms with van der Waals surface area (Å²) in [6, 6.07) is 12.5. The topological polar surface area (TPSA) is 64.9 Å². The van der Waals surface area contributed by atoms with Crippen molar-refractivity contribution in [1.29, 1.82) is 5.26 Å². The molecule has 0 aliphatic heterocycles. The maximum Gasteiger partial charge on any atom is 0.263 e. The highest BCUT2D eigenvalue weighted by Gasteiger charge is 2.18. The summed E-state index contributed by atoms with van der Waals surface area (Å²) in [5, 5.41) is 15.1. The van der Waals surface area contributed by atoms with E-state index in [2.05, 4.69) is 22.8 Å². The Hall–Kier alpha value is -2.28. The van der Waals surface area contributed by atoms with Gasteiger partial charge in [-0.1, -0.05) is 43.2 Å². The molecule has 0 saturated heterocycles. The molecule has 1 aliphatic carbocycles. The van der Waals surface area contributed by atoms with Crippen molar-refractivity contribution in [2.45, 2.75) is 44.6 Å². The largest absolute Gasteiger partial charge is 0.390 e. The maximum atomic E-state index is 12.0. The van der Waals surface area contributed by atoms with E-state index in [-0.39, 0.29) is 17.5 Å². The van der Waals surface area contributed by atoms with Crippen LogP contribution >= 0.6 is 0 Å². The normalized spacial score (nSPS) is 15.3. The van der Waals surface area contributed by atoms with Gasteiger partial charge in [-0.3, -0.25) is 4.79 Å². The fourth-order valence-corrected chi connectivity index (χ4v) is 2.70. The molecule has 1 fully saturated rings. The van der Waals surface area contributed by atoms with E-state index in [0.29, 0.717) is 0 Å². The first-order valence-electron chi connectivity index (χ1n) is 7.98. The van der Waals surface area contributed by atoms with Gasteiger partial charge in [0.25, 0.3) is 5.91 Å².